The van der Waals surface area contributed by atoms with Gasteiger partial charge in [-0.15, -0.1) is 11.3 Å². The number of hydrogen-bond donors (Lipinski definition) is 2. The molecule has 0 unspecified atom stereocenters. The van der Waals surface area contributed by atoms with Crippen molar-refractivity contribution >= 4 is 33.4 Å². The van der Waals surface area contributed by atoms with E-state index in [1.807, 2.05) is 35.8 Å². The first kappa shape index (κ1) is 17.8. The Kier molecular flexibility index (Phi) is 5.10. The van der Waals surface area contributed by atoms with Crippen LogP contribution in [0.15, 0.2) is 41.5 Å². The number of nitrogens with two attached hydrogens (primary N) is 1. The van der Waals surface area contributed by atoms with Crippen LogP contribution < -0.4 is 16.8 Å². The Morgan fingerprint density at radius 2 is 2.04 bits per heavy atom. The smallest absolute Gasteiger partial charge is 0.349 e. The minimum Gasteiger partial charge on any atom is -0.457 e. The number of hydrazine groups is 1. The van der Waals surface area contributed by atoms with Crippen LogP contribution in [0.2, 0.25) is 0 Å². The number of benzene rings is 1. The van der Waals surface area contributed by atoms with Crippen LogP contribution in [0.25, 0.3) is 10.2 Å². The third kappa shape index (κ3) is 3.48. The SMILES string of the molecule is Cc1c(C(=O)OCc2ccccc2)sc2ncn(CC(=O)NN)c(=O)c12. The molecule has 0 fully saturated rings. The second-order valence-electron chi connectivity index (χ2n) is 5.54. The lowest BCUT2D eigenvalue weighted by Crippen LogP contribution is -2.36. The lowest BCUT2D eigenvalue weighted by molar-refractivity contribution is -0.121. The van der Waals surface area contributed by atoms with Crippen molar-refractivity contribution in [3.8, 4) is 0 Å². The van der Waals surface area contributed by atoms with Crippen LogP contribution in [-0.4, -0.2) is 21.4 Å². The number of carbonyl (C=O) groups excluding carboxylic acids is 2. The highest BCUT2D eigenvalue weighted by Crippen LogP contribution is 2.27. The van der Waals surface area contributed by atoms with Gasteiger partial charge in [-0.2, -0.15) is 0 Å². The maximum atomic E-state index is 12.6. The molecule has 0 bridgehead atoms. The Bertz CT molecular complexity index is 1030. The molecule has 1 amide bonds. The molecular weight excluding hydrogens is 356 g/mol. The molecule has 8 nitrogen and oxygen atoms in total. The van der Waals surface area contributed by atoms with Gasteiger partial charge in [-0.25, -0.2) is 15.6 Å². The zero-order chi connectivity index (χ0) is 18.7. The first-order valence-electron chi connectivity index (χ1n) is 7.70. The fourth-order valence-electron chi connectivity index (χ4n) is 2.46. The van der Waals surface area contributed by atoms with Crippen LogP contribution in [0.4, 0.5) is 0 Å². The van der Waals surface area contributed by atoms with Gasteiger partial charge in [-0.05, 0) is 18.1 Å². The number of carbonyl (C=O) groups is 2. The minimum absolute atomic E-state index is 0.141. The predicted octanol–water partition coefficient (Wildman–Crippen LogP) is 1.11. The number of rotatable bonds is 5. The van der Waals surface area contributed by atoms with Crippen LogP contribution in [0.5, 0.6) is 0 Å². The van der Waals surface area contributed by atoms with E-state index >= 15 is 0 Å². The number of thiophene rings is 1. The minimum atomic E-state index is -0.524. The molecule has 26 heavy (non-hydrogen) atoms. The Labute approximate surface area is 152 Å². The van der Waals surface area contributed by atoms with E-state index in [-0.39, 0.29) is 13.2 Å². The predicted molar refractivity (Wildman–Crippen MR) is 96.5 cm³/mol. The number of nitrogens with zero attached hydrogens (tertiary/aromatic N) is 2. The fraction of sp³-hybridized carbons (Fsp3) is 0.176. The van der Waals surface area contributed by atoms with Crippen molar-refractivity contribution in [2.75, 3.05) is 0 Å². The number of aromatic nitrogens is 2. The van der Waals surface area contributed by atoms with E-state index in [1.54, 1.807) is 6.92 Å². The maximum Gasteiger partial charge on any atom is 0.349 e. The molecule has 0 saturated carbocycles. The van der Waals surface area contributed by atoms with Crippen molar-refractivity contribution in [2.24, 2.45) is 5.84 Å². The van der Waals surface area contributed by atoms with E-state index in [0.717, 1.165) is 21.5 Å². The molecule has 0 radical (unpaired) electrons. The van der Waals surface area contributed by atoms with E-state index in [0.29, 0.717) is 20.7 Å². The van der Waals surface area contributed by atoms with Crippen molar-refractivity contribution in [1.82, 2.24) is 15.0 Å². The summed E-state index contributed by atoms with van der Waals surface area (Å²) in [4.78, 5) is 41.3. The van der Waals surface area contributed by atoms with Gasteiger partial charge in [-0.3, -0.25) is 19.6 Å². The van der Waals surface area contributed by atoms with Gasteiger partial charge in [-0.1, -0.05) is 30.3 Å². The lowest BCUT2D eigenvalue weighted by atomic mass is 10.2. The third-order valence-corrected chi connectivity index (χ3v) is 4.97. The molecule has 0 saturated heterocycles. The van der Waals surface area contributed by atoms with E-state index in [4.69, 9.17) is 10.6 Å². The largest absolute Gasteiger partial charge is 0.457 e. The summed E-state index contributed by atoms with van der Waals surface area (Å²) in [6.45, 7) is 1.55. The topological polar surface area (TPSA) is 116 Å². The molecule has 0 aliphatic rings. The van der Waals surface area contributed by atoms with Gasteiger partial charge in [0.1, 0.15) is 22.9 Å². The number of nitrogens with one attached hydrogen (secondary N) is 1. The Morgan fingerprint density at radius 3 is 2.73 bits per heavy atom. The standard InChI is InChI=1S/C17H16N4O4S/c1-10-13-15(19-9-21(16(13)23)7-12(22)20-18)26-14(10)17(24)25-8-11-5-3-2-4-6-11/h2-6,9H,7-8,18H2,1H3,(H,20,22). The van der Waals surface area contributed by atoms with Crippen LogP contribution in [0, 0.1) is 6.92 Å². The van der Waals surface area contributed by atoms with Crippen molar-refractivity contribution in [2.45, 2.75) is 20.1 Å². The molecule has 2 heterocycles. The summed E-state index contributed by atoms with van der Waals surface area (Å²) in [7, 11) is 0. The summed E-state index contributed by atoms with van der Waals surface area (Å²) >= 11 is 1.09. The van der Waals surface area contributed by atoms with Gasteiger partial charge in [0.25, 0.3) is 11.5 Å². The van der Waals surface area contributed by atoms with Crippen molar-refractivity contribution in [1.29, 1.82) is 0 Å². The average Bonchev–Trinajstić information content (AvgIpc) is 3.00. The number of hydrogen-bond acceptors (Lipinski definition) is 7. The van der Waals surface area contributed by atoms with Gasteiger partial charge in [0, 0.05) is 0 Å². The zero-order valence-electron chi connectivity index (χ0n) is 13.9. The Morgan fingerprint density at radius 1 is 1.31 bits per heavy atom. The Hall–Kier alpha value is -3.04. The van der Waals surface area contributed by atoms with E-state index in [1.165, 1.54) is 6.33 Å². The molecule has 0 spiro atoms. The molecule has 2 aromatic heterocycles. The second kappa shape index (κ2) is 7.46. The normalized spacial score (nSPS) is 10.7. The summed E-state index contributed by atoms with van der Waals surface area (Å²) in [5.74, 6) is 4.00. The maximum absolute atomic E-state index is 12.6. The number of amides is 1. The molecule has 0 atom stereocenters. The average molecular weight is 372 g/mol. The van der Waals surface area contributed by atoms with Gasteiger partial charge in [0.05, 0.1) is 11.7 Å². The monoisotopic (exact) mass is 372 g/mol. The van der Waals surface area contributed by atoms with E-state index < -0.39 is 17.4 Å². The van der Waals surface area contributed by atoms with Gasteiger partial charge in [0.15, 0.2) is 0 Å². The highest BCUT2D eigenvalue weighted by Gasteiger charge is 2.21. The highest BCUT2D eigenvalue weighted by molar-refractivity contribution is 7.20. The summed E-state index contributed by atoms with van der Waals surface area (Å²) in [5, 5.41) is 0.300. The second-order valence-corrected chi connectivity index (χ2v) is 6.54. The Balaban J connectivity index is 1.89. The first-order valence-corrected chi connectivity index (χ1v) is 8.52. The quantitative estimate of drug-likeness (QED) is 0.300. The van der Waals surface area contributed by atoms with Gasteiger partial charge in [0.2, 0.25) is 0 Å². The first-order chi connectivity index (χ1) is 12.5. The zero-order valence-corrected chi connectivity index (χ0v) is 14.7. The molecule has 1 aromatic carbocycles. The van der Waals surface area contributed by atoms with Crippen molar-refractivity contribution in [3.63, 3.8) is 0 Å². The number of ether oxygens (including phenoxy) is 1. The molecule has 0 aliphatic carbocycles. The third-order valence-electron chi connectivity index (χ3n) is 3.79. The molecule has 3 N–H and O–H groups in total. The molecule has 9 heteroatoms. The summed E-state index contributed by atoms with van der Waals surface area (Å²) in [6.07, 6.45) is 1.26. The fourth-order valence-corrected chi connectivity index (χ4v) is 3.49. The van der Waals surface area contributed by atoms with Crippen LogP contribution in [0.1, 0.15) is 20.8 Å². The van der Waals surface area contributed by atoms with Gasteiger partial charge < -0.3 is 4.74 Å². The van der Waals surface area contributed by atoms with Crippen molar-refractivity contribution in [3.05, 3.63) is 63.0 Å². The molecular formula is C17H16N4O4S. The van der Waals surface area contributed by atoms with Crippen LogP contribution >= 0.6 is 11.3 Å². The lowest BCUT2D eigenvalue weighted by Gasteiger charge is -2.04. The number of fused-ring (bicyclic) bond motifs is 1. The van der Waals surface area contributed by atoms with Gasteiger partial charge >= 0.3 is 5.97 Å². The molecule has 3 aromatic rings. The van der Waals surface area contributed by atoms with E-state index in [9.17, 15) is 14.4 Å². The summed E-state index contributed by atoms with van der Waals surface area (Å²) in [5.41, 5.74) is 2.91. The summed E-state index contributed by atoms with van der Waals surface area (Å²) < 4.78 is 6.47. The van der Waals surface area contributed by atoms with Crippen molar-refractivity contribution < 1.29 is 14.3 Å². The molecule has 3 rings (SSSR count). The van der Waals surface area contributed by atoms with Crippen LogP contribution in [-0.2, 0) is 22.7 Å². The molecule has 134 valence electrons. The number of aryl methyl sites for hydroxylation is 1. The molecule has 0 aliphatic heterocycles. The number of esters is 1. The van der Waals surface area contributed by atoms with Crippen LogP contribution in [0.3, 0.4) is 0 Å². The van der Waals surface area contributed by atoms with E-state index in [2.05, 4.69) is 4.98 Å². The highest BCUT2D eigenvalue weighted by atomic mass is 32.1. The summed E-state index contributed by atoms with van der Waals surface area (Å²) in [6, 6.07) is 9.31.